The number of benzene rings is 1. The molecule has 1 N–H and O–H groups in total. The minimum Gasteiger partial charge on any atom is -0.355 e. The Morgan fingerprint density at radius 1 is 1.03 bits per heavy atom. The van der Waals surface area contributed by atoms with E-state index in [1.807, 2.05) is 30.3 Å². The number of halogens is 1. The molecule has 1 amide bonds. The zero-order valence-electron chi connectivity index (χ0n) is 20.4. The molecule has 0 spiro atoms. The Morgan fingerprint density at radius 3 is 2.65 bits per heavy atom. The molecule has 0 radical (unpaired) electrons. The highest BCUT2D eigenvalue weighted by Gasteiger charge is 2.27. The van der Waals surface area contributed by atoms with Gasteiger partial charge < -0.3 is 10.2 Å². The molecule has 2 aromatic rings. The molecular weight excluding hydrogens is 446 g/mol. The summed E-state index contributed by atoms with van der Waals surface area (Å²) in [7, 11) is 0. The van der Waals surface area contributed by atoms with Crippen LogP contribution in [0.4, 0.5) is 5.82 Å². The number of unbranched alkanes of at least 4 members (excludes halogenated alkanes) is 1. The number of carbonyl (C=O) groups is 1. The van der Waals surface area contributed by atoms with Crippen LogP contribution in [-0.2, 0) is 6.54 Å². The molecule has 0 unspecified atom stereocenters. The Bertz CT molecular complexity index is 931. The summed E-state index contributed by atoms with van der Waals surface area (Å²) in [6, 6.07) is 14.6. The van der Waals surface area contributed by atoms with E-state index < -0.39 is 0 Å². The lowest BCUT2D eigenvalue weighted by molar-refractivity contribution is 0.0948. The largest absolute Gasteiger partial charge is 0.355 e. The van der Waals surface area contributed by atoms with Crippen LogP contribution < -0.4 is 10.2 Å². The first-order valence-corrected chi connectivity index (χ1v) is 13.2. The van der Waals surface area contributed by atoms with Crippen molar-refractivity contribution in [3.63, 3.8) is 0 Å². The molecule has 6 nitrogen and oxygen atoms in total. The maximum atomic E-state index is 12.4. The summed E-state index contributed by atoms with van der Waals surface area (Å²) in [6.45, 7) is 10.1. The lowest BCUT2D eigenvalue weighted by Gasteiger charge is -2.38. The Morgan fingerprint density at radius 2 is 1.85 bits per heavy atom. The summed E-state index contributed by atoms with van der Waals surface area (Å²) in [5.74, 6) is 0.842. The maximum Gasteiger partial charge on any atom is 0.269 e. The maximum absolute atomic E-state index is 12.4. The first kappa shape index (κ1) is 25.0. The molecule has 184 valence electrons. The predicted octanol–water partition coefficient (Wildman–Crippen LogP) is 4.44. The second kappa shape index (κ2) is 12.5. The van der Waals surface area contributed by atoms with Crippen LogP contribution in [0, 0.1) is 0 Å². The van der Waals surface area contributed by atoms with Crippen LogP contribution in [0.2, 0.25) is 5.02 Å². The number of likely N-dealkylation sites (tertiary alicyclic amines) is 1. The zero-order chi connectivity index (χ0) is 23.8. The van der Waals surface area contributed by atoms with Gasteiger partial charge in [0.1, 0.15) is 11.5 Å². The fraction of sp³-hybridized carbons (Fsp3) is 0.556. The van der Waals surface area contributed by atoms with Crippen molar-refractivity contribution < 1.29 is 4.79 Å². The fourth-order valence-corrected chi connectivity index (χ4v) is 5.23. The number of nitrogens with zero attached hydrogens (tertiary/aromatic N) is 4. The minimum atomic E-state index is -0.0738. The van der Waals surface area contributed by atoms with Gasteiger partial charge in [-0.3, -0.25) is 14.6 Å². The second-order valence-corrected chi connectivity index (χ2v) is 9.87. The number of piperidine rings is 1. The van der Waals surface area contributed by atoms with Crippen molar-refractivity contribution in [1.82, 2.24) is 20.1 Å². The van der Waals surface area contributed by atoms with E-state index in [9.17, 15) is 4.79 Å². The molecule has 3 heterocycles. The number of aromatic nitrogens is 1. The molecule has 4 rings (SSSR count). The van der Waals surface area contributed by atoms with Crippen LogP contribution in [0.5, 0.6) is 0 Å². The molecule has 2 aliphatic heterocycles. The van der Waals surface area contributed by atoms with Gasteiger partial charge in [0, 0.05) is 50.3 Å². The standard InChI is InChI=1S/C27H38ClN5O/c1-2-3-14-29-27(34)25-10-6-11-26(30-25)33-16-7-15-32(19-20-33)23-12-17-31(18-13-23)21-22-8-4-5-9-24(22)28/h4-6,8-11,23H,2-3,7,12-21H2,1H3,(H,29,34). The summed E-state index contributed by atoms with van der Waals surface area (Å²) in [5, 5.41) is 3.84. The highest BCUT2D eigenvalue weighted by atomic mass is 35.5. The van der Waals surface area contributed by atoms with Crippen LogP contribution in [0.1, 0.15) is 55.1 Å². The molecule has 7 heteroatoms. The summed E-state index contributed by atoms with van der Waals surface area (Å²) >= 11 is 6.36. The highest BCUT2D eigenvalue weighted by molar-refractivity contribution is 6.31. The van der Waals surface area contributed by atoms with Crippen LogP contribution in [0.3, 0.4) is 0 Å². The minimum absolute atomic E-state index is 0.0738. The molecule has 1 aromatic carbocycles. The van der Waals surface area contributed by atoms with Crippen LogP contribution in [0.15, 0.2) is 42.5 Å². The van der Waals surface area contributed by atoms with Crippen LogP contribution >= 0.6 is 11.6 Å². The van der Waals surface area contributed by atoms with Gasteiger partial charge in [0.15, 0.2) is 0 Å². The molecule has 1 aromatic heterocycles. The second-order valence-electron chi connectivity index (χ2n) is 9.47. The number of hydrogen-bond acceptors (Lipinski definition) is 5. The van der Waals surface area contributed by atoms with Crippen LogP contribution in [-0.4, -0.2) is 72.5 Å². The average molecular weight is 484 g/mol. The molecule has 0 saturated carbocycles. The number of nitrogens with one attached hydrogen (secondary N) is 1. The van der Waals surface area contributed by atoms with Gasteiger partial charge in [0.2, 0.25) is 0 Å². The van der Waals surface area contributed by atoms with Gasteiger partial charge in [-0.05, 0) is 62.5 Å². The van der Waals surface area contributed by atoms with E-state index >= 15 is 0 Å². The quantitative estimate of drug-likeness (QED) is 0.562. The lowest BCUT2D eigenvalue weighted by atomic mass is 10.0. The summed E-state index contributed by atoms with van der Waals surface area (Å²) in [6.07, 6.45) is 5.59. The molecule has 2 saturated heterocycles. The van der Waals surface area contributed by atoms with Crippen molar-refractivity contribution in [1.29, 1.82) is 0 Å². The average Bonchev–Trinajstić information content (AvgIpc) is 3.13. The van der Waals surface area contributed by atoms with Crippen molar-refractivity contribution in [2.24, 2.45) is 0 Å². The van der Waals surface area contributed by atoms with Crippen LogP contribution in [0.25, 0.3) is 0 Å². The Kier molecular flexibility index (Phi) is 9.19. The van der Waals surface area contributed by atoms with Gasteiger partial charge in [0.05, 0.1) is 0 Å². The van der Waals surface area contributed by atoms with E-state index in [-0.39, 0.29) is 5.91 Å². The smallest absolute Gasteiger partial charge is 0.269 e. The van der Waals surface area contributed by atoms with E-state index in [0.717, 1.165) is 75.9 Å². The fourth-order valence-electron chi connectivity index (χ4n) is 5.04. The SMILES string of the molecule is CCCCNC(=O)c1cccc(N2CCCN(C3CCN(Cc4ccccc4Cl)CC3)CC2)n1. The summed E-state index contributed by atoms with van der Waals surface area (Å²) < 4.78 is 0. The van der Waals surface area contributed by atoms with Crippen molar-refractivity contribution >= 4 is 23.3 Å². The van der Waals surface area contributed by atoms with E-state index in [1.54, 1.807) is 0 Å². The highest BCUT2D eigenvalue weighted by Crippen LogP contribution is 2.23. The number of anilines is 1. The van der Waals surface area contributed by atoms with Gasteiger partial charge in [-0.15, -0.1) is 0 Å². The third-order valence-electron chi connectivity index (χ3n) is 7.06. The summed E-state index contributed by atoms with van der Waals surface area (Å²) in [4.78, 5) is 24.7. The molecule has 34 heavy (non-hydrogen) atoms. The first-order chi connectivity index (χ1) is 16.6. The predicted molar refractivity (Wildman–Crippen MR) is 140 cm³/mol. The zero-order valence-corrected chi connectivity index (χ0v) is 21.1. The van der Waals surface area contributed by atoms with E-state index in [2.05, 4.69) is 44.1 Å². The number of pyridine rings is 1. The molecule has 0 bridgehead atoms. The number of hydrogen-bond donors (Lipinski definition) is 1. The lowest BCUT2D eigenvalue weighted by Crippen LogP contribution is -2.46. The Hall–Kier alpha value is -2.15. The van der Waals surface area contributed by atoms with E-state index in [0.29, 0.717) is 18.3 Å². The van der Waals surface area contributed by atoms with E-state index in [4.69, 9.17) is 11.6 Å². The molecule has 2 aliphatic rings. The molecular formula is C27H38ClN5O. The van der Waals surface area contributed by atoms with Gasteiger partial charge in [-0.25, -0.2) is 4.98 Å². The molecule has 0 aliphatic carbocycles. The van der Waals surface area contributed by atoms with Crippen molar-refractivity contribution in [3.05, 3.63) is 58.7 Å². The Labute approximate surface area is 209 Å². The van der Waals surface area contributed by atoms with Gasteiger partial charge in [0.25, 0.3) is 5.91 Å². The number of amides is 1. The monoisotopic (exact) mass is 483 g/mol. The van der Waals surface area contributed by atoms with Crippen molar-refractivity contribution in [2.45, 2.75) is 51.6 Å². The normalized spacial score (nSPS) is 18.6. The van der Waals surface area contributed by atoms with Crippen molar-refractivity contribution in [2.75, 3.05) is 50.7 Å². The number of rotatable bonds is 8. The molecule has 0 atom stereocenters. The third-order valence-corrected chi connectivity index (χ3v) is 7.43. The first-order valence-electron chi connectivity index (χ1n) is 12.8. The van der Waals surface area contributed by atoms with Gasteiger partial charge in [-0.2, -0.15) is 0 Å². The summed E-state index contributed by atoms with van der Waals surface area (Å²) in [5.41, 5.74) is 1.74. The topological polar surface area (TPSA) is 51.7 Å². The van der Waals surface area contributed by atoms with Gasteiger partial charge >= 0.3 is 0 Å². The van der Waals surface area contributed by atoms with E-state index in [1.165, 1.54) is 18.4 Å². The number of carbonyl (C=O) groups excluding carboxylic acids is 1. The van der Waals surface area contributed by atoms with Crippen molar-refractivity contribution in [3.8, 4) is 0 Å². The molecule has 2 fully saturated rings. The third kappa shape index (κ3) is 6.71. The van der Waals surface area contributed by atoms with Gasteiger partial charge in [-0.1, -0.05) is 49.2 Å². The Balaban J connectivity index is 1.27.